The number of likely N-dealkylation sites (N-methyl/N-ethyl adjacent to an activating group) is 1. The molecule has 3 aromatic carbocycles. The van der Waals surface area contributed by atoms with Crippen LogP contribution in [0.15, 0.2) is 91.0 Å². The fraction of sp³-hybridized carbons (Fsp3) is 0.182. The molecule has 2 heterocycles. The molecule has 0 radical (unpaired) electrons. The fourth-order valence-corrected chi connectivity index (χ4v) is 5.43. The number of nitrogens with one attached hydrogen (secondary N) is 2. The van der Waals surface area contributed by atoms with Crippen molar-refractivity contribution in [3.05, 3.63) is 125 Å². The Bertz CT molecular complexity index is 1860. The lowest BCUT2D eigenvalue weighted by Gasteiger charge is -2.38. The summed E-state index contributed by atoms with van der Waals surface area (Å²) in [4.78, 5) is 52.8. The minimum atomic E-state index is -4.71. The molecular formula is C33H28F4N6O4. The molecule has 1 aromatic heterocycles. The number of alkyl halides is 3. The first kappa shape index (κ1) is 32.6. The van der Waals surface area contributed by atoms with Gasteiger partial charge in [0.05, 0.1) is 23.5 Å². The fourth-order valence-electron chi connectivity index (χ4n) is 5.43. The van der Waals surface area contributed by atoms with Gasteiger partial charge in [0.1, 0.15) is 17.7 Å². The van der Waals surface area contributed by atoms with Crippen molar-refractivity contribution in [2.45, 2.75) is 31.6 Å². The number of carbonyl (C=O) groups is 4. The predicted molar refractivity (Wildman–Crippen MR) is 163 cm³/mol. The van der Waals surface area contributed by atoms with Gasteiger partial charge in [-0.3, -0.25) is 24.1 Å². The van der Waals surface area contributed by atoms with Crippen molar-refractivity contribution in [1.82, 2.24) is 20.4 Å². The Kier molecular flexibility index (Phi) is 9.22. The maximum atomic E-state index is 14.3. The quantitative estimate of drug-likeness (QED) is 0.186. The molecule has 10 nitrogen and oxygen atoms in total. The Morgan fingerprint density at radius 3 is 2.32 bits per heavy atom. The summed E-state index contributed by atoms with van der Waals surface area (Å²) in [7, 11) is 0. The van der Waals surface area contributed by atoms with Crippen molar-refractivity contribution < 1.29 is 36.7 Å². The zero-order chi connectivity index (χ0) is 33.9. The second kappa shape index (κ2) is 13.3. The van der Waals surface area contributed by atoms with E-state index in [1.165, 1.54) is 39.9 Å². The van der Waals surface area contributed by atoms with Crippen molar-refractivity contribution in [2.24, 2.45) is 5.73 Å². The summed E-state index contributed by atoms with van der Waals surface area (Å²) >= 11 is 0. The van der Waals surface area contributed by atoms with Gasteiger partial charge in [-0.25, -0.2) is 9.07 Å². The molecule has 0 aliphatic carbocycles. The number of halogens is 4. The Morgan fingerprint density at radius 2 is 1.68 bits per heavy atom. The molecule has 2 atom stereocenters. The van der Waals surface area contributed by atoms with Gasteiger partial charge >= 0.3 is 6.18 Å². The number of hydrogen-bond acceptors (Lipinski definition) is 5. The van der Waals surface area contributed by atoms with Crippen LogP contribution in [-0.2, 0) is 27.1 Å². The van der Waals surface area contributed by atoms with Gasteiger partial charge in [-0.05, 0) is 55.0 Å². The number of benzene rings is 3. The molecule has 5 rings (SSSR count). The predicted octanol–water partition coefficient (Wildman–Crippen LogP) is 3.98. The summed E-state index contributed by atoms with van der Waals surface area (Å²) in [6.07, 6.45) is -2.88. The van der Waals surface area contributed by atoms with Crippen LogP contribution in [0.25, 0.3) is 5.69 Å². The van der Waals surface area contributed by atoms with E-state index in [9.17, 15) is 36.7 Å². The van der Waals surface area contributed by atoms with Crippen LogP contribution in [0.5, 0.6) is 0 Å². The van der Waals surface area contributed by atoms with E-state index in [2.05, 4.69) is 10.6 Å². The van der Waals surface area contributed by atoms with Crippen LogP contribution in [0, 0.1) is 5.82 Å². The van der Waals surface area contributed by atoms with Gasteiger partial charge in [0, 0.05) is 35.7 Å². The van der Waals surface area contributed by atoms with Crippen molar-refractivity contribution >= 4 is 29.4 Å². The third-order valence-corrected chi connectivity index (χ3v) is 7.52. The standard InChI is InChI=1S/C33H28F4N6O4/c1-2-42-31-28(24(18-39-26(45)16-15-25(38)44)41-43(31)23-9-4-3-5-10-23)27(19-11-13-22(34)14-12-19)29(32(42)47)40-30(46)20-7-6-8-21(17-20)33(35,36)37/h3-17,27,29H,2,18H2,1H3,(H2,38,44)(H,39,45)(H,40,46)/b16-15+. The minimum Gasteiger partial charge on any atom is -0.366 e. The van der Waals surface area contributed by atoms with Crippen molar-refractivity contribution in [3.8, 4) is 5.69 Å². The average molecular weight is 649 g/mol. The lowest BCUT2D eigenvalue weighted by molar-refractivity contribution is -0.137. The second-order valence-electron chi connectivity index (χ2n) is 10.5. The number of carbonyl (C=O) groups excluding carboxylic acids is 4. The van der Waals surface area contributed by atoms with E-state index in [0.29, 0.717) is 28.7 Å². The van der Waals surface area contributed by atoms with E-state index < -0.39 is 53.1 Å². The topological polar surface area (TPSA) is 139 Å². The third kappa shape index (κ3) is 6.90. The molecule has 1 aliphatic rings. The van der Waals surface area contributed by atoms with E-state index in [0.717, 1.165) is 24.3 Å². The first-order chi connectivity index (χ1) is 22.4. The number of anilines is 1. The Hall–Kier alpha value is -5.79. The highest BCUT2D eigenvalue weighted by atomic mass is 19.4. The monoisotopic (exact) mass is 648 g/mol. The maximum absolute atomic E-state index is 14.3. The molecule has 14 heteroatoms. The van der Waals surface area contributed by atoms with Crippen molar-refractivity contribution in [3.63, 3.8) is 0 Å². The van der Waals surface area contributed by atoms with Crippen LogP contribution in [0.3, 0.4) is 0 Å². The van der Waals surface area contributed by atoms with E-state index in [1.54, 1.807) is 37.3 Å². The normalized spacial score (nSPS) is 16.2. The van der Waals surface area contributed by atoms with Gasteiger partial charge in [0.25, 0.3) is 11.8 Å². The lowest BCUT2D eigenvalue weighted by Crippen LogP contribution is -2.55. The molecule has 2 unspecified atom stereocenters. The number of aromatic nitrogens is 2. The number of para-hydroxylation sites is 1. The van der Waals surface area contributed by atoms with Crippen LogP contribution in [0.2, 0.25) is 0 Å². The largest absolute Gasteiger partial charge is 0.416 e. The van der Waals surface area contributed by atoms with Crippen LogP contribution in [0.4, 0.5) is 23.4 Å². The highest BCUT2D eigenvalue weighted by Gasteiger charge is 2.46. The van der Waals surface area contributed by atoms with Gasteiger partial charge in [0.15, 0.2) is 0 Å². The first-order valence-electron chi connectivity index (χ1n) is 14.4. The molecule has 242 valence electrons. The summed E-state index contributed by atoms with van der Waals surface area (Å²) in [5.74, 6) is -4.31. The number of primary amides is 1. The summed E-state index contributed by atoms with van der Waals surface area (Å²) in [6.45, 7) is 1.59. The van der Waals surface area contributed by atoms with Gasteiger partial charge in [0.2, 0.25) is 11.8 Å². The molecule has 0 bridgehead atoms. The molecule has 1 aliphatic heterocycles. The van der Waals surface area contributed by atoms with E-state index in [4.69, 9.17) is 10.8 Å². The van der Waals surface area contributed by atoms with Crippen molar-refractivity contribution in [2.75, 3.05) is 11.4 Å². The summed E-state index contributed by atoms with van der Waals surface area (Å²) < 4.78 is 56.0. The summed E-state index contributed by atoms with van der Waals surface area (Å²) in [6, 6.07) is 16.4. The highest BCUT2D eigenvalue weighted by molar-refractivity contribution is 6.05. The summed E-state index contributed by atoms with van der Waals surface area (Å²) in [5, 5.41) is 10.0. The van der Waals surface area contributed by atoms with Gasteiger partial charge in [-0.15, -0.1) is 0 Å². The highest BCUT2D eigenvalue weighted by Crippen LogP contribution is 2.43. The lowest BCUT2D eigenvalue weighted by atomic mass is 9.80. The number of fused-ring (bicyclic) bond motifs is 1. The maximum Gasteiger partial charge on any atom is 0.416 e. The van der Waals surface area contributed by atoms with E-state index >= 15 is 0 Å². The molecular weight excluding hydrogens is 620 g/mol. The molecule has 4 aromatic rings. The van der Waals surface area contributed by atoms with Crippen LogP contribution >= 0.6 is 0 Å². The Morgan fingerprint density at radius 1 is 0.979 bits per heavy atom. The molecule has 0 spiro atoms. The molecule has 47 heavy (non-hydrogen) atoms. The zero-order valence-electron chi connectivity index (χ0n) is 24.8. The van der Waals surface area contributed by atoms with E-state index in [-0.39, 0.29) is 24.3 Å². The van der Waals surface area contributed by atoms with Crippen molar-refractivity contribution in [1.29, 1.82) is 0 Å². The van der Waals surface area contributed by atoms with Crippen LogP contribution < -0.4 is 21.3 Å². The molecule has 0 saturated carbocycles. The van der Waals surface area contributed by atoms with Gasteiger partial charge in [-0.2, -0.15) is 18.3 Å². The molecule has 4 N–H and O–H groups in total. The van der Waals surface area contributed by atoms with Crippen LogP contribution in [-0.4, -0.2) is 46.0 Å². The van der Waals surface area contributed by atoms with Gasteiger partial charge in [-0.1, -0.05) is 36.4 Å². The average Bonchev–Trinajstić information content (AvgIpc) is 3.42. The molecule has 0 saturated heterocycles. The number of hydrogen-bond donors (Lipinski definition) is 3. The second-order valence-corrected chi connectivity index (χ2v) is 10.5. The number of rotatable bonds is 9. The Balaban J connectivity index is 1.68. The minimum absolute atomic E-state index is 0.101. The third-order valence-electron chi connectivity index (χ3n) is 7.52. The van der Waals surface area contributed by atoms with Crippen LogP contribution in [0.1, 0.15) is 45.6 Å². The van der Waals surface area contributed by atoms with E-state index in [1.807, 2.05) is 0 Å². The molecule has 4 amide bonds. The Labute approximate surface area is 265 Å². The SMILES string of the molecule is CCN1C(=O)C(NC(=O)c2cccc(C(F)(F)F)c2)C(c2ccc(F)cc2)c2c(CNC(=O)/C=C/C(N)=O)nn(-c3ccccc3)c21. The molecule has 0 fully saturated rings. The number of nitrogens with two attached hydrogens (primary N) is 1. The zero-order valence-corrected chi connectivity index (χ0v) is 24.8. The smallest absolute Gasteiger partial charge is 0.366 e. The summed E-state index contributed by atoms with van der Waals surface area (Å²) in [5.41, 5.74) is 5.34. The number of amides is 4. The first-order valence-corrected chi connectivity index (χ1v) is 14.4. The van der Waals surface area contributed by atoms with Gasteiger partial charge < -0.3 is 16.4 Å². The number of nitrogens with zero attached hydrogens (tertiary/aromatic N) is 3.